The van der Waals surface area contributed by atoms with E-state index in [0.29, 0.717) is 11.0 Å². The highest BCUT2D eigenvalue weighted by Gasteiger charge is 2.17. The van der Waals surface area contributed by atoms with Crippen molar-refractivity contribution in [3.8, 4) is 0 Å². The number of carbonyl (C=O) groups excluding carboxylic acids is 1. The molecule has 118 valence electrons. The van der Waals surface area contributed by atoms with Gasteiger partial charge in [-0.15, -0.1) is 5.10 Å². The predicted octanol–water partition coefficient (Wildman–Crippen LogP) is 1.93. The van der Waals surface area contributed by atoms with Crippen LogP contribution in [0, 0.1) is 0 Å². The van der Waals surface area contributed by atoms with Gasteiger partial charge in [-0.25, -0.2) is 9.31 Å². The van der Waals surface area contributed by atoms with Gasteiger partial charge in [-0.2, -0.15) is 4.98 Å². The van der Waals surface area contributed by atoms with E-state index in [0.717, 1.165) is 5.56 Å². The highest BCUT2D eigenvalue weighted by Crippen LogP contribution is 2.11. The minimum Gasteiger partial charge on any atom is -0.455 e. The first kappa shape index (κ1) is 14.1. The number of H-pyrrole nitrogens is 1. The highest BCUT2D eigenvalue weighted by atomic mass is 16.5. The van der Waals surface area contributed by atoms with Gasteiger partial charge in [0.05, 0.1) is 11.0 Å². The summed E-state index contributed by atoms with van der Waals surface area (Å²) >= 11 is 0. The van der Waals surface area contributed by atoms with Crippen molar-refractivity contribution in [2.24, 2.45) is 0 Å². The van der Waals surface area contributed by atoms with E-state index in [2.05, 4.69) is 15.1 Å². The fourth-order valence-electron chi connectivity index (χ4n) is 2.44. The number of nitrogens with one attached hydrogen (secondary N) is 1. The van der Waals surface area contributed by atoms with E-state index in [1.807, 2.05) is 36.4 Å². The summed E-state index contributed by atoms with van der Waals surface area (Å²) in [6.07, 6.45) is 0. The molecule has 0 saturated heterocycles. The number of esters is 1. The molecule has 0 unspecified atom stereocenters. The van der Waals surface area contributed by atoms with Crippen LogP contribution in [0.15, 0.2) is 59.4 Å². The van der Waals surface area contributed by atoms with Gasteiger partial charge in [-0.1, -0.05) is 42.5 Å². The second kappa shape index (κ2) is 5.62. The summed E-state index contributed by atoms with van der Waals surface area (Å²) in [6.45, 7) is 0.117. The third-order valence-electron chi connectivity index (χ3n) is 3.59. The molecule has 0 atom stereocenters. The van der Waals surface area contributed by atoms with Crippen molar-refractivity contribution < 1.29 is 9.53 Å². The lowest BCUT2D eigenvalue weighted by Crippen LogP contribution is -2.11. The van der Waals surface area contributed by atoms with E-state index in [1.165, 1.54) is 4.52 Å². The average molecular weight is 320 g/mol. The molecule has 2 aromatic heterocycles. The Bertz CT molecular complexity index is 1100. The molecular formula is C17H12N4O3. The van der Waals surface area contributed by atoms with Gasteiger partial charge in [0, 0.05) is 0 Å². The van der Waals surface area contributed by atoms with Gasteiger partial charge in [0.1, 0.15) is 6.61 Å². The Morgan fingerprint density at radius 3 is 2.67 bits per heavy atom. The number of hydrogen-bond donors (Lipinski definition) is 1. The first-order chi connectivity index (χ1) is 11.7. The maximum absolute atomic E-state index is 12.2. The largest absolute Gasteiger partial charge is 0.455 e. The molecule has 0 saturated carbocycles. The summed E-state index contributed by atoms with van der Waals surface area (Å²) in [5.41, 5.74) is 1.77. The summed E-state index contributed by atoms with van der Waals surface area (Å²) in [7, 11) is 0. The molecule has 2 aromatic carbocycles. The van der Waals surface area contributed by atoms with Crippen LogP contribution in [-0.4, -0.2) is 25.6 Å². The van der Waals surface area contributed by atoms with Crippen molar-refractivity contribution in [2.75, 3.05) is 0 Å². The Morgan fingerprint density at radius 2 is 1.83 bits per heavy atom. The number of aromatic nitrogens is 4. The van der Waals surface area contributed by atoms with Gasteiger partial charge in [-0.3, -0.25) is 4.79 Å². The fraction of sp³-hybridized carbons (Fsp3) is 0.0588. The number of rotatable bonds is 3. The first-order valence-corrected chi connectivity index (χ1v) is 7.31. The van der Waals surface area contributed by atoms with Crippen molar-refractivity contribution in [1.82, 2.24) is 19.6 Å². The van der Waals surface area contributed by atoms with E-state index in [9.17, 15) is 9.59 Å². The molecule has 0 aliphatic carbocycles. The SMILES string of the molecule is O=C(OCc1ccccc1)c1nc2c(=O)[nH]c3ccccc3n2n1. The van der Waals surface area contributed by atoms with E-state index in [1.54, 1.807) is 18.2 Å². The number of nitrogens with zero attached hydrogens (tertiary/aromatic N) is 3. The van der Waals surface area contributed by atoms with Crippen LogP contribution >= 0.6 is 0 Å². The molecule has 0 amide bonds. The predicted molar refractivity (Wildman–Crippen MR) is 86.7 cm³/mol. The van der Waals surface area contributed by atoms with Crippen molar-refractivity contribution >= 4 is 22.6 Å². The third kappa shape index (κ3) is 2.41. The zero-order valence-corrected chi connectivity index (χ0v) is 12.5. The van der Waals surface area contributed by atoms with E-state index < -0.39 is 11.5 Å². The van der Waals surface area contributed by atoms with Crippen LogP contribution in [0.5, 0.6) is 0 Å². The molecule has 0 aliphatic rings. The Morgan fingerprint density at radius 1 is 1.08 bits per heavy atom. The number of benzene rings is 2. The number of hydrogen-bond acceptors (Lipinski definition) is 5. The van der Waals surface area contributed by atoms with Gasteiger partial charge in [0.15, 0.2) is 0 Å². The quantitative estimate of drug-likeness (QED) is 0.583. The maximum Gasteiger partial charge on any atom is 0.378 e. The van der Waals surface area contributed by atoms with Crippen LogP contribution in [0.1, 0.15) is 16.2 Å². The Kier molecular flexibility index (Phi) is 3.31. The van der Waals surface area contributed by atoms with Crippen molar-refractivity contribution in [1.29, 1.82) is 0 Å². The lowest BCUT2D eigenvalue weighted by Gasteiger charge is -2.01. The smallest absolute Gasteiger partial charge is 0.378 e. The number of para-hydroxylation sites is 2. The highest BCUT2D eigenvalue weighted by molar-refractivity contribution is 5.86. The molecule has 2 heterocycles. The zero-order chi connectivity index (χ0) is 16.5. The van der Waals surface area contributed by atoms with Crippen LogP contribution in [0.4, 0.5) is 0 Å². The van der Waals surface area contributed by atoms with Crippen LogP contribution < -0.4 is 5.56 Å². The summed E-state index contributed by atoms with van der Waals surface area (Å²) in [4.78, 5) is 31.0. The molecule has 0 aliphatic heterocycles. The molecule has 0 bridgehead atoms. The maximum atomic E-state index is 12.2. The first-order valence-electron chi connectivity index (χ1n) is 7.31. The van der Waals surface area contributed by atoms with Crippen LogP contribution in [0.3, 0.4) is 0 Å². The van der Waals surface area contributed by atoms with Crippen LogP contribution in [0.25, 0.3) is 16.7 Å². The molecule has 7 heteroatoms. The van der Waals surface area contributed by atoms with Crippen molar-refractivity contribution in [3.05, 3.63) is 76.3 Å². The fourth-order valence-corrected chi connectivity index (χ4v) is 2.44. The molecule has 1 N–H and O–H groups in total. The Balaban J connectivity index is 1.70. The van der Waals surface area contributed by atoms with E-state index in [-0.39, 0.29) is 18.1 Å². The molecule has 7 nitrogen and oxygen atoms in total. The van der Waals surface area contributed by atoms with E-state index in [4.69, 9.17) is 4.74 Å². The standard InChI is InChI=1S/C17H12N4O3/c22-16-15-19-14(17(23)24-10-11-6-2-1-3-7-11)20-21(15)13-9-5-4-8-12(13)18-16/h1-9H,10H2,(H,18,22). The average Bonchev–Trinajstić information content (AvgIpc) is 3.07. The number of fused-ring (bicyclic) bond motifs is 3. The normalized spacial score (nSPS) is 11.0. The van der Waals surface area contributed by atoms with Gasteiger partial charge >= 0.3 is 5.97 Å². The van der Waals surface area contributed by atoms with Gasteiger partial charge in [-0.05, 0) is 17.7 Å². The molecule has 0 spiro atoms. The van der Waals surface area contributed by atoms with E-state index >= 15 is 0 Å². The lowest BCUT2D eigenvalue weighted by molar-refractivity contribution is 0.0458. The monoisotopic (exact) mass is 320 g/mol. The molecule has 0 radical (unpaired) electrons. The summed E-state index contributed by atoms with van der Waals surface area (Å²) in [5, 5.41) is 4.12. The molecule has 4 aromatic rings. The minimum atomic E-state index is -0.675. The van der Waals surface area contributed by atoms with Crippen LogP contribution in [-0.2, 0) is 11.3 Å². The van der Waals surface area contributed by atoms with Crippen molar-refractivity contribution in [3.63, 3.8) is 0 Å². The minimum absolute atomic E-state index is 0.0559. The molecular weight excluding hydrogens is 308 g/mol. The summed E-state index contributed by atoms with van der Waals surface area (Å²) < 4.78 is 6.56. The summed E-state index contributed by atoms with van der Waals surface area (Å²) in [6, 6.07) is 16.5. The molecule has 24 heavy (non-hydrogen) atoms. The molecule has 4 rings (SSSR count). The number of aromatic amines is 1. The van der Waals surface area contributed by atoms with Gasteiger partial charge in [0.2, 0.25) is 5.65 Å². The third-order valence-corrected chi connectivity index (χ3v) is 3.59. The zero-order valence-electron chi connectivity index (χ0n) is 12.5. The topological polar surface area (TPSA) is 89.3 Å². The second-order valence-corrected chi connectivity index (χ2v) is 5.20. The van der Waals surface area contributed by atoms with Crippen LogP contribution in [0.2, 0.25) is 0 Å². The van der Waals surface area contributed by atoms with Gasteiger partial charge < -0.3 is 9.72 Å². The lowest BCUT2D eigenvalue weighted by atomic mass is 10.2. The Labute approximate surface area is 135 Å². The number of carbonyl (C=O) groups is 1. The number of ether oxygens (including phenoxy) is 1. The second-order valence-electron chi connectivity index (χ2n) is 5.20. The Hall–Kier alpha value is -3.48. The molecule has 0 fully saturated rings. The van der Waals surface area contributed by atoms with Gasteiger partial charge in [0.25, 0.3) is 11.4 Å². The van der Waals surface area contributed by atoms with Crippen molar-refractivity contribution in [2.45, 2.75) is 6.61 Å². The summed E-state index contributed by atoms with van der Waals surface area (Å²) in [5.74, 6) is -0.821.